The van der Waals surface area contributed by atoms with E-state index in [4.69, 9.17) is 9.47 Å². The van der Waals surface area contributed by atoms with Gasteiger partial charge < -0.3 is 14.8 Å². The fraction of sp³-hybridized carbons (Fsp3) is 0.267. The van der Waals surface area contributed by atoms with E-state index in [9.17, 15) is 9.59 Å². The topological polar surface area (TPSA) is 82.4 Å². The van der Waals surface area contributed by atoms with Gasteiger partial charge in [-0.05, 0) is 23.8 Å². The molecule has 1 amide bonds. The molecule has 0 saturated carbocycles. The summed E-state index contributed by atoms with van der Waals surface area (Å²) in [5.74, 6) is 1.24. The van der Waals surface area contributed by atoms with Crippen LogP contribution in [0, 0.1) is 0 Å². The number of fused-ring (bicyclic) bond motifs is 1. The molecule has 1 aromatic heterocycles. The molecule has 2 aromatic rings. The Hall–Kier alpha value is -2.83. The van der Waals surface area contributed by atoms with Crippen LogP contribution in [0.2, 0.25) is 0 Å². The second-order valence-corrected chi connectivity index (χ2v) is 4.81. The molecule has 22 heavy (non-hydrogen) atoms. The maximum absolute atomic E-state index is 11.9. The number of amides is 1. The first-order valence-corrected chi connectivity index (χ1v) is 6.89. The lowest BCUT2D eigenvalue weighted by Crippen LogP contribution is -2.32. The van der Waals surface area contributed by atoms with Crippen LogP contribution in [0.15, 0.2) is 41.5 Å². The van der Waals surface area contributed by atoms with Crippen molar-refractivity contribution in [3.63, 3.8) is 0 Å². The molecule has 0 bridgehead atoms. The zero-order valence-corrected chi connectivity index (χ0v) is 11.8. The lowest BCUT2D eigenvalue weighted by atomic mass is 10.1. The van der Waals surface area contributed by atoms with Crippen LogP contribution in [0.5, 0.6) is 11.5 Å². The van der Waals surface area contributed by atoms with Gasteiger partial charge in [0.15, 0.2) is 11.5 Å². The summed E-state index contributed by atoms with van der Waals surface area (Å²) in [5, 5.41) is 2.78. The molecule has 3 rings (SSSR count). The van der Waals surface area contributed by atoms with Crippen molar-refractivity contribution in [3.05, 3.63) is 52.7 Å². The molecule has 0 spiro atoms. The number of carbonyl (C=O) groups excluding carboxylic acids is 1. The van der Waals surface area contributed by atoms with E-state index in [1.54, 1.807) is 24.4 Å². The molecule has 0 fully saturated rings. The highest BCUT2D eigenvalue weighted by Gasteiger charge is 2.14. The number of nitrogens with one attached hydrogen (secondary N) is 1. The van der Waals surface area contributed by atoms with Crippen molar-refractivity contribution in [1.82, 2.24) is 14.9 Å². The van der Waals surface area contributed by atoms with E-state index in [1.807, 2.05) is 6.07 Å². The fourth-order valence-corrected chi connectivity index (χ4v) is 2.17. The van der Waals surface area contributed by atoms with E-state index in [0.717, 1.165) is 5.56 Å². The summed E-state index contributed by atoms with van der Waals surface area (Å²) in [6.07, 6.45) is 3.33. The first kappa shape index (κ1) is 14.1. The second-order valence-electron chi connectivity index (χ2n) is 4.81. The van der Waals surface area contributed by atoms with Crippen molar-refractivity contribution < 1.29 is 14.3 Å². The zero-order chi connectivity index (χ0) is 15.4. The summed E-state index contributed by atoms with van der Waals surface area (Å²) in [7, 11) is 0. The third kappa shape index (κ3) is 3.25. The molecule has 1 aliphatic heterocycles. The van der Waals surface area contributed by atoms with Gasteiger partial charge in [0.05, 0.1) is 6.42 Å². The highest BCUT2D eigenvalue weighted by molar-refractivity contribution is 5.78. The van der Waals surface area contributed by atoms with Crippen molar-refractivity contribution in [3.8, 4) is 11.5 Å². The molecule has 0 radical (unpaired) electrons. The Balaban J connectivity index is 1.50. The lowest BCUT2D eigenvalue weighted by molar-refractivity contribution is -0.120. The largest absolute Gasteiger partial charge is 0.454 e. The van der Waals surface area contributed by atoms with Gasteiger partial charge in [0, 0.05) is 25.5 Å². The molecule has 1 aromatic carbocycles. The van der Waals surface area contributed by atoms with Gasteiger partial charge in [-0.15, -0.1) is 0 Å². The third-order valence-corrected chi connectivity index (χ3v) is 3.26. The first-order chi connectivity index (χ1) is 10.7. The Bertz CT molecular complexity index is 742. The standard InChI is InChI=1S/C15H15N3O4/c19-14(16-5-7-18-6-1-4-17-15(18)20)9-11-2-3-12-13(8-11)22-10-21-12/h1-4,6,8H,5,7,9-10H2,(H,16,19). The van der Waals surface area contributed by atoms with Crippen LogP contribution >= 0.6 is 0 Å². The van der Waals surface area contributed by atoms with Crippen molar-refractivity contribution in [2.75, 3.05) is 13.3 Å². The molecule has 2 heterocycles. The van der Waals surface area contributed by atoms with Gasteiger partial charge in [-0.25, -0.2) is 9.78 Å². The monoisotopic (exact) mass is 301 g/mol. The predicted molar refractivity (Wildman–Crippen MR) is 77.8 cm³/mol. The zero-order valence-electron chi connectivity index (χ0n) is 11.8. The van der Waals surface area contributed by atoms with Gasteiger partial charge in [0.25, 0.3) is 0 Å². The van der Waals surface area contributed by atoms with Gasteiger partial charge >= 0.3 is 5.69 Å². The Kier molecular flexibility index (Phi) is 4.04. The third-order valence-electron chi connectivity index (χ3n) is 3.26. The number of carbonyl (C=O) groups is 1. The summed E-state index contributed by atoms with van der Waals surface area (Å²) in [6, 6.07) is 7.10. The molecule has 0 saturated heterocycles. The van der Waals surface area contributed by atoms with Gasteiger partial charge in [0.2, 0.25) is 12.7 Å². The Morgan fingerprint density at radius 2 is 2.18 bits per heavy atom. The molecule has 1 N–H and O–H groups in total. The first-order valence-electron chi connectivity index (χ1n) is 6.89. The van der Waals surface area contributed by atoms with Crippen molar-refractivity contribution in [2.24, 2.45) is 0 Å². The molecule has 7 nitrogen and oxygen atoms in total. The summed E-state index contributed by atoms with van der Waals surface area (Å²) >= 11 is 0. The molecule has 1 aliphatic rings. The minimum absolute atomic E-state index is 0.115. The van der Waals surface area contributed by atoms with Crippen LogP contribution in [0.1, 0.15) is 5.56 Å². The van der Waals surface area contributed by atoms with Crippen LogP contribution < -0.4 is 20.5 Å². The number of hydrogen-bond donors (Lipinski definition) is 1. The maximum atomic E-state index is 11.9. The lowest BCUT2D eigenvalue weighted by Gasteiger charge is -2.07. The fourth-order valence-electron chi connectivity index (χ4n) is 2.17. The predicted octanol–water partition coefficient (Wildman–Crippen LogP) is 0.331. The van der Waals surface area contributed by atoms with Crippen LogP contribution in [-0.4, -0.2) is 28.8 Å². The van der Waals surface area contributed by atoms with Crippen LogP contribution in [0.3, 0.4) is 0 Å². The average Bonchev–Trinajstić information content (AvgIpc) is 2.97. The highest BCUT2D eigenvalue weighted by atomic mass is 16.7. The van der Waals surface area contributed by atoms with Crippen LogP contribution in [-0.2, 0) is 17.8 Å². The Morgan fingerprint density at radius 3 is 3.05 bits per heavy atom. The van der Waals surface area contributed by atoms with E-state index in [2.05, 4.69) is 10.3 Å². The summed E-state index contributed by atoms with van der Waals surface area (Å²) in [6.45, 7) is 0.972. The van der Waals surface area contributed by atoms with E-state index < -0.39 is 0 Å². The minimum atomic E-state index is -0.326. The number of ether oxygens (including phenoxy) is 2. The number of rotatable bonds is 5. The van der Waals surface area contributed by atoms with Crippen molar-refractivity contribution in [2.45, 2.75) is 13.0 Å². The van der Waals surface area contributed by atoms with E-state index in [-0.39, 0.29) is 24.8 Å². The normalized spacial score (nSPS) is 12.2. The Morgan fingerprint density at radius 1 is 1.32 bits per heavy atom. The molecule has 0 unspecified atom stereocenters. The van der Waals surface area contributed by atoms with Crippen molar-refractivity contribution >= 4 is 5.91 Å². The average molecular weight is 301 g/mol. The smallest absolute Gasteiger partial charge is 0.347 e. The summed E-state index contributed by atoms with van der Waals surface area (Å²) in [4.78, 5) is 27.0. The summed E-state index contributed by atoms with van der Waals surface area (Å²) in [5.41, 5.74) is 0.521. The van der Waals surface area contributed by atoms with Crippen molar-refractivity contribution in [1.29, 1.82) is 0 Å². The maximum Gasteiger partial charge on any atom is 0.347 e. The van der Waals surface area contributed by atoms with E-state index >= 15 is 0 Å². The molecular formula is C15H15N3O4. The van der Waals surface area contributed by atoms with Gasteiger partial charge in [-0.3, -0.25) is 9.36 Å². The number of hydrogen-bond acceptors (Lipinski definition) is 5. The molecule has 7 heteroatoms. The molecule has 114 valence electrons. The van der Waals surface area contributed by atoms with Crippen LogP contribution in [0.4, 0.5) is 0 Å². The summed E-state index contributed by atoms with van der Waals surface area (Å²) < 4.78 is 11.9. The SMILES string of the molecule is O=C(Cc1ccc2c(c1)OCO2)NCCn1cccnc1=O. The quantitative estimate of drug-likeness (QED) is 0.860. The highest BCUT2D eigenvalue weighted by Crippen LogP contribution is 2.32. The van der Waals surface area contributed by atoms with Gasteiger partial charge in [0.1, 0.15) is 0 Å². The molecule has 0 aliphatic carbocycles. The van der Waals surface area contributed by atoms with E-state index in [0.29, 0.717) is 24.6 Å². The van der Waals surface area contributed by atoms with Gasteiger partial charge in [-0.1, -0.05) is 6.07 Å². The number of nitrogens with zero attached hydrogens (tertiary/aromatic N) is 2. The minimum Gasteiger partial charge on any atom is -0.454 e. The van der Waals surface area contributed by atoms with E-state index in [1.165, 1.54) is 10.8 Å². The number of benzene rings is 1. The molecule has 0 atom stereocenters. The second kappa shape index (κ2) is 6.30. The van der Waals surface area contributed by atoms with Crippen LogP contribution in [0.25, 0.3) is 0 Å². The Labute approximate surface area is 126 Å². The van der Waals surface area contributed by atoms with Gasteiger partial charge in [-0.2, -0.15) is 0 Å². The number of aromatic nitrogens is 2. The molecular weight excluding hydrogens is 286 g/mol.